The van der Waals surface area contributed by atoms with Crippen LogP contribution in [-0.2, 0) is 0 Å². The Morgan fingerprint density at radius 2 is 0.875 bits per heavy atom. The molecule has 0 saturated carbocycles. The Labute approximate surface area is 182 Å². The van der Waals surface area contributed by atoms with E-state index in [4.69, 9.17) is 10.2 Å². The van der Waals surface area contributed by atoms with Gasteiger partial charge in [-0.1, -0.05) is 24.3 Å². The Morgan fingerprint density at radius 3 is 1.22 bits per heavy atom. The summed E-state index contributed by atoms with van der Waals surface area (Å²) < 4.78 is 0. The lowest BCUT2D eigenvalue weighted by atomic mass is 10.1. The van der Waals surface area contributed by atoms with Crippen molar-refractivity contribution in [2.75, 3.05) is 0 Å². The molecule has 0 unspecified atom stereocenters. The van der Waals surface area contributed by atoms with Crippen LogP contribution in [0.2, 0.25) is 0 Å². The van der Waals surface area contributed by atoms with Gasteiger partial charge in [-0.25, -0.2) is 9.59 Å². The number of aromatic carboxylic acids is 2. The van der Waals surface area contributed by atoms with Crippen LogP contribution >= 0.6 is 0 Å². The van der Waals surface area contributed by atoms with E-state index in [-0.39, 0.29) is 11.1 Å². The molecule has 0 aliphatic heterocycles. The summed E-state index contributed by atoms with van der Waals surface area (Å²) in [5.41, 5.74) is 2.70. The van der Waals surface area contributed by atoms with Crippen LogP contribution in [-0.4, -0.2) is 22.2 Å². The van der Waals surface area contributed by atoms with Gasteiger partial charge in [0, 0.05) is 10.8 Å². The molecular weight excluding hydrogens is 408 g/mol. The first-order valence-electron chi connectivity index (χ1n) is 9.53. The van der Waals surface area contributed by atoms with Crippen LogP contribution in [0.1, 0.15) is 20.7 Å². The third-order valence-corrected chi connectivity index (χ3v) is 4.65. The summed E-state index contributed by atoms with van der Waals surface area (Å²) in [4.78, 5) is 21.9. The fourth-order valence-electron chi connectivity index (χ4n) is 3.02. The van der Waals surface area contributed by atoms with Crippen molar-refractivity contribution in [1.29, 1.82) is 0 Å². The number of hydrogen-bond acceptors (Lipinski definition) is 6. The fraction of sp³-hybridized carbons (Fsp3) is 0. The van der Waals surface area contributed by atoms with Gasteiger partial charge in [-0.15, -0.1) is 10.2 Å². The summed E-state index contributed by atoms with van der Waals surface area (Å²) in [6.07, 6.45) is 0. The molecule has 0 atom stereocenters. The summed E-state index contributed by atoms with van der Waals surface area (Å²) in [5.74, 6) is -2.00. The largest absolute Gasteiger partial charge is 0.478 e. The minimum Gasteiger partial charge on any atom is -0.478 e. The lowest BCUT2D eigenvalue weighted by Gasteiger charge is -2.04. The lowest BCUT2D eigenvalue weighted by molar-refractivity contribution is 0.0686. The van der Waals surface area contributed by atoms with Crippen LogP contribution < -0.4 is 0 Å². The van der Waals surface area contributed by atoms with Gasteiger partial charge < -0.3 is 10.2 Å². The minimum absolute atomic E-state index is 0.182. The van der Waals surface area contributed by atoms with Crippen molar-refractivity contribution in [3.8, 4) is 0 Å². The Balaban J connectivity index is 1.62. The standard InChI is InChI=1S/C24H16N4O4/c29-23(30)15-7-11-17(12-8-15)25-27-21-5-1-3-19-20(21)4-2-6-22(19)28-26-18-13-9-16(10-14-18)24(31)32/h1-14H,(H,29,30)(H,31,32)/b27-25+,28-26+. The molecule has 4 aromatic carbocycles. The van der Waals surface area contributed by atoms with Crippen LogP contribution in [0.25, 0.3) is 10.8 Å². The predicted octanol–water partition coefficient (Wildman–Crippen LogP) is 7.07. The zero-order valence-electron chi connectivity index (χ0n) is 16.6. The summed E-state index contributed by atoms with van der Waals surface area (Å²) >= 11 is 0. The van der Waals surface area contributed by atoms with E-state index < -0.39 is 11.9 Å². The number of carboxylic acids is 2. The maximum absolute atomic E-state index is 11.0. The lowest BCUT2D eigenvalue weighted by Crippen LogP contribution is -1.93. The Hall–Kier alpha value is -4.72. The number of azo groups is 2. The highest BCUT2D eigenvalue weighted by molar-refractivity contribution is 5.99. The molecule has 4 rings (SSSR count). The number of nitrogens with zero attached hydrogens (tertiary/aromatic N) is 4. The molecule has 8 nitrogen and oxygen atoms in total. The van der Waals surface area contributed by atoms with E-state index in [0.717, 1.165) is 10.8 Å². The van der Waals surface area contributed by atoms with E-state index in [1.54, 1.807) is 24.3 Å². The molecule has 8 heteroatoms. The highest BCUT2D eigenvalue weighted by atomic mass is 16.4. The zero-order chi connectivity index (χ0) is 22.5. The first-order valence-corrected chi connectivity index (χ1v) is 9.53. The summed E-state index contributed by atoms with van der Waals surface area (Å²) in [5, 5.41) is 36.7. The van der Waals surface area contributed by atoms with Gasteiger partial charge in [0.25, 0.3) is 0 Å². The third kappa shape index (κ3) is 4.54. The van der Waals surface area contributed by atoms with E-state index in [0.29, 0.717) is 22.7 Å². The smallest absolute Gasteiger partial charge is 0.335 e. The molecule has 2 N–H and O–H groups in total. The molecule has 0 amide bonds. The number of carbonyl (C=O) groups is 2. The average Bonchev–Trinajstić information content (AvgIpc) is 2.81. The number of carboxylic acid groups (broad SMARTS) is 2. The maximum atomic E-state index is 11.0. The summed E-state index contributed by atoms with van der Waals surface area (Å²) in [7, 11) is 0. The SMILES string of the molecule is O=C(O)c1ccc(/N=N/c2cccc3c(/N=N/c4ccc(C(=O)O)cc4)cccc23)cc1. The average molecular weight is 424 g/mol. The second-order valence-corrected chi connectivity index (χ2v) is 6.75. The predicted molar refractivity (Wildman–Crippen MR) is 119 cm³/mol. The molecule has 32 heavy (non-hydrogen) atoms. The van der Waals surface area contributed by atoms with Crippen LogP contribution in [0.4, 0.5) is 22.7 Å². The van der Waals surface area contributed by atoms with E-state index in [2.05, 4.69) is 20.5 Å². The van der Waals surface area contributed by atoms with Gasteiger partial charge >= 0.3 is 11.9 Å². The Kier molecular flexibility index (Phi) is 5.76. The molecule has 0 fully saturated rings. The Bertz CT molecular complexity index is 1250. The topological polar surface area (TPSA) is 124 Å². The van der Waals surface area contributed by atoms with Crippen molar-refractivity contribution in [3.05, 3.63) is 96.1 Å². The van der Waals surface area contributed by atoms with Crippen LogP contribution in [0.5, 0.6) is 0 Å². The molecule has 0 spiro atoms. The number of fused-ring (bicyclic) bond motifs is 1. The first-order chi connectivity index (χ1) is 15.5. The molecule has 156 valence electrons. The van der Waals surface area contributed by atoms with Crippen molar-refractivity contribution in [2.45, 2.75) is 0 Å². The second kappa shape index (κ2) is 8.97. The third-order valence-electron chi connectivity index (χ3n) is 4.65. The molecular formula is C24H16N4O4. The number of rotatable bonds is 6. The van der Waals surface area contributed by atoms with Gasteiger partial charge in [-0.2, -0.15) is 10.2 Å². The fourth-order valence-corrected chi connectivity index (χ4v) is 3.02. The van der Waals surface area contributed by atoms with E-state index >= 15 is 0 Å². The molecule has 0 bridgehead atoms. The van der Waals surface area contributed by atoms with Gasteiger partial charge in [-0.05, 0) is 60.7 Å². The van der Waals surface area contributed by atoms with Gasteiger partial charge in [0.1, 0.15) is 0 Å². The molecule has 4 aromatic rings. The second-order valence-electron chi connectivity index (χ2n) is 6.75. The van der Waals surface area contributed by atoms with Crippen LogP contribution in [0, 0.1) is 0 Å². The van der Waals surface area contributed by atoms with Crippen molar-refractivity contribution in [1.82, 2.24) is 0 Å². The summed E-state index contributed by atoms with van der Waals surface area (Å²) in [6, 6.07) is 23.4. The molecule has 0 aromatic heterocycles. The maximum Gasteiger partial charge on any atom is 0.335 e. The van der Waals surface area contributed by atoms with Gasteiger partial charge in [0.2, 0.25) is 0 Å². The highest BCUT2D eigenvalue weighted by Gasteiger charge is 2.06. The van der Waals surface area contributed by atoms with Crippen molar-refractivity contribution < 1.29 is 19.8 Å². The molecule has 0 aliphatic rings. The first kappa shape index (κ1) is 20.5. The van der Waals surface area contributed by atoms with E-state index in [9.17, 15) is 9.59 Å². The van der Waals surface area contributed by atoms with Crippen LogP contribution in [0.3, 0.4) is 0 Å². The molecule has 0 radical (unpaired) electrons. The van der Waals surface area contributed by atoms with Gasteiger partial charge in [0.15, 0.2) is 0 Å². The Morgan fingerprint density at radius 1 is 0.500 bits per heavy atom. The van der Waals surface area contributed by atoms with Gasteiger partial charge in [0.05, 0.1) is 33.9 Å². The number of benzene rings is 4. The highest BCUT2D eigenvalue weighted by Crippen LogP contribution is 2.34. The normalized spacial score (nSPS) is 11.4. The number of hydrogen-bond donors (Lipinski definition) is 2. The summed E-state index contributed by atoms with van der Waals surface area (Å²) in [6.45, 7) is 0. The molecule has 0 saturated heterocycles. The molecule has 0 aliphatic carbocycles. The van der Waals surface area contributed by atoms with Crippen molar-refractivity contribution >= 4 is 45.5 Å². The van der Waals surface area contributed by atoms with E-state index in [1.807, 2.05) is 36.4 Å². The van der Waals surface area contributed by atoms with E-state index in [1.165, 1.54) is 24.3 Å². The molecule has 0 heterocycles. The van der Waals surface area contributed by atoms with Crippen molar-refractivity contribution in [2.24, 2.45) is 20.5 Å². The zero-order valence-corrected chi connectivity index (χ0v) is 16.6. The van der Waals surface area contributed by atoms with Gasteiger partial charge in [-0.3, -0.25) is 0 Å². The van der Waals surface area contributed by atoms with Crippen LogP contribution in [0.15, 0.2) is 105 Å². The van der Waals surface area contributed by atoms with Crippen molar-refractivity contribution in [3.63, 3.8) is 0 Å². The monoisotopic (exact) mass is 424 g/mol. The quantitative estimate of drug-likeness (QED) is 0.321. The minimum atomic E-state index is -0.998.